The van der Waals surface area contributed by atoms with Crippen LogP contribution in [0, 0.1) is 5.92 Å². The largest absolute Gasteiger partial charge is 0.507 e. The molecule has 0 aromatic heterocycles. The maximum Gasteiger partial charge on any atom is 0.123 e. The molecule has 0 amide bonds. The van der Waals surface area contributed by atoms with Crippen molar-refractivity contribution in [2.45, 2.75) is 31.4 Å². The minimum absolute atomic E-state index is 0. The molecule has 0 radical (unpaired) electrons. The van der Waals surface area contributed by atoms with Gasteiger partial charge in [-0.15, -0.1) is 12.4 Å². The van der Waals surface area contributed by atoms with E-state index in [1.165, 1.54) is 12.1 Å². The lowest BCUT2D eigenvalue weighted by Gasteiger charge is -2.34. The van der Waals surface area contributed by atoms with E-state index < -0.39 is 12.1 Å². The maximum absolute atomic E-state index is 10.1. The van der Waals surface area contributed by atoms with Crippen LogP contribution in [0.5, 0.6) is 5.75 Å². The number of hydrogen-bond donors (Lipinski definition) is 3. The summed E-state index contributed by atoms with van der Waals surface area (Å²) >= 11 is 11.8. The van der Waals surface area contributed by atoms with Gasteiger partial charge in [0.2, 0.25) is 0 Å². The Kier molecular flexibility index (Phi) is 5.56. The highest BCUT2D eigenvalue weighted by atomic mass is 35.5. The molecule has 1 aliphatic rings. The van der Waals surface area contributed by atoms with E-state index in [1.807, 2.05) is 0 Å². The lowest BCUT2D eigenvalue weighted by atomic mass is 9.77. The Bertz CT molecular complexity index is 401. The van der Waals surface area contributed by atoms with Crippen molar-refractivity contribution < 1.29 is 10.2 Å². The third-order valence-electron chi connectivity index (χ3n) is 3.41. The molecule has 6 heteroatoms. The number of rotatable bonds is 3. The lowest BCUT2D eigenvalue weighted by molar-refractivity contribution is 0.0408. The monoisotopic (exact) mass is 311 g/mol. The molecule has 0 aliphatic heterocycles. The summed E-state index contributed by atoms with van der Waals surface area (Å²) in [6, 6.07) is 2.23. The second-order valence-electron chi connectivity index (χ2n) is 4.53. The Morgan fingerprint density at radius 3 is 2.33 bits per heavy atom. The molecule has 0 saturated heterocycles. The average molecular weight is 313 g/mol. The Hall–Kier alpha value is -0.190. The van der Waals surface area contributed by atoms with Gasteiger partial charge in [-0.05, 0) is 30.9 Å². The van der Waals surface area contributed by atoms with Crippen molar-refractivity contribution >= 4 is 35.6 Å². The molecular weight excluding hydrogens is 296 g/mol. The number of phenolic OH excluding ortho intramolecular Hbond substituents is 1. The third-order valence-corrected chi connectivity index (χ3v) is 3.94. The number of aromatic hydroxyl groups is 1. The molecule has 1 aromatic rings. The fraction of sp³-hybridized carbons (Fsp3) is 0.500. The van der Waals surface area contributed by atoms with Gasteiger partial charge in [-0.1, -0.05) is 29.6 Å². The smallest absolute Gasteiger partial charge is 0.123 e. The van der Waals surface area contributed by atoms with E-state index in [0.29, 0.717) is 15.6 Å². The first kappa shape index (κ1) is 15.9. The van der Waals surface area contributed by atoms with Gasteiger partial charge in [0.05, 0.1) is 17.2 Å². The zero-order chi connectivity index (χ0) is 12.6. The summed E-state index contributed by atoms with van der Waals surface area (Å²) in [7, 11) is 0. The van der Waals surface area contributed by atoms with Gasteiger partial charge in [-0.3, -0.25) is 0 Å². The molecule has 0 spiro atoms. The summed E-state index contributed by atoms with van der Waals surface area (Å²) in [5.41, 5.74) is 6.33. The number of benzene rings is 1. The van der Waals surface area contributed by atoms with E-state index in [-0.39, 0.29) is 24.1 Å². The number of hydrogen-bond acceptors (Lipinski definition) is 3. The van der Waals surface area contributed by atoms with Crippen LogP contribution in [0.15, 0.2) is 12.1 Å². The first-order valence-corrected chi connectivity index (χ1v) is 6.38. The van der Waals surface area contributed by atoms with Crippen LogP contribution in [-0.4, -0.2) is 16.3 Å². The Morgan fingerprint density at radius 1 is 1.28 bits per heavy atom. The van der Waals surface area contributed by atoms with Gasteiger partial charge < -0.3 is 15.9 Å². The van der Waals surface area contributed by atoms with Crippen molar-refractivity contribution in [3.63, 3.8) is 0 Å². The van der Waals surface area contributed by atoms with E-state index in [1.54, 1.807) is 0 Å². The first-order chi connectivity index (χ1) is 8.00. The van der Waals surface area contributed by atoms with Gasteiger partial charge in [0.25, 0.3) is 0 Å². The van der Waals surface area contributed by atoms with E-state index >= 15 is 0 Å². The fourth-order valence-corrected chi connectivity index (χ4v) is 2.76. The summed E-state index contributed by atoms with van der Waals surface area (Å²) in [5.74, 6) is 0.143. The molecular formula is C12H16Cl3NO2. The van der Waals surface area contributed by atoms with Crippen LogP contribution in [0.25, 0.3) is 0 Å². The molecule has 1 fully saturated rings. The second kappa shape index (κ2) is 6.31. The summed E-state index contributed by atoms with van der Waals surface area (Å²) in [6.45, 7) is 0. The molecule has 1 saturated carbocycles. The molecule has 0 unspecified atom stereocenters. The predicted molar refractivity (Wildman–Crippen MR) is 75.7 cm³/mol. The highest BCUT2D eigenvalue weighted by Gasteiger charge is 2.32. The number of nitrogens with two attached hydrogens (primary N) is 1. The van der Waals surface area contributed by atoms with Crippen molar-refractivity contribution in [1.29, 1.82) is 0 Å². The fourth-order valence-electron chi connectivity index (χ4n) is 2.15. The number of halogens is 3. The van der Waals surface area contributed by atoms with Crippen LogP contribution in [0.2, 0.25) is 10.0 Å². The normalized spacial score (nSPS) is 18.7. The van der Waals surface area contributed by atoms with Crippen molar-refractivity contribution in [2.24, 2.45) is 11.7 Å². The van der Waals surface area contributed by atoms with Crippen molar-refractivity contribution in [1.82, 2.24) is 0 Å². The van der Waals surface area contributed by atoms with Crippen LogP contribution >= 0.6 is 35.6 Å². The van der Waals surface area contributed by atoms with Gasteiger partial charge in [0.15, 0.2) is 0 Å². The molecule has 102 valence electrons. The van der Waals surface area contributed by atoms with Gasteiger partial charge >= 0.3 is 0 Å². The zero-order valence-electron chi connectivity index (χ0n) is 9.64. The summed E-state index contributed by atoms with van der Waals surface area (Å²) in [5, 5.41) is 20.5. The zero-order valence-corrected chi connectivity index (χ0v) is 12.0. The standard InChI is InChI=1S/C12H15Cl2NO2.ClH/c13-7-4-8(14)10(9(16)5-7)11(15)12(17)6-2-1-3-6;/h4-6,11-12,16-17H,1-3,15H2;1H/t11-,12+;/m1./s1. The van der Waals surface area contributed by atoms with Crippen LogP contribution in [0.3, 0.4) is 0 Å². The SMILES string of the molecule is Cl.N[C@H](c1c(O)cc(Cl)cc1Cl)[C@@H](O)C1CCC1. The van der Waals surface area contributed by atoms with E-state index in [9.17, 15) is 10.2 Å². The van der Waals surface area contributed by atoms with Crippen LogP contribution < -0.4 is 5.73 Å². The van der Waals surface area contributed by atoms with Gasteiger partial charge in [-0.25, -0.2) is 0 Å². The quantitative estimate of drug-likeness (QED) is 0.802. The molecule has 4 N–H and O–H groups in total. The van der Waals surface area contributed by atoms with E-state index in [4.69, 9.17) is 28.9 Å². The Morgan fingerprint density at radius 2 is 1.89 bits per heavy atom. The van der Waals surface area contributed by atoms with E-state index in [2.05, 4.69) is 0 Å². The van der Waals surface area contributed by atoms with Crippen molar-refractivity contribution in [2.75, 3.05) is 0 Å². The minimum Gasteiger partial charge on any atom is -0.507 e. The summed E-state index contributed by atoms with van der Waals surface area (Å²) in [4.78, 5) is 0. The molecule has 2 atom stereocenters. The van der Waals surface area contributed by atoms with Crippen LogP contribution in [0.1, 0.15) is 30.9 Å². The lowest BCUT2D eigenvalue weighted by Crippen LogP contribution is -2.36. The maximum atomic E-state index is 10.1. The number of aliphatic hydroxyl groups excluding tert-OH is 1. The third kappa shape index (κ3) is 3.03. The predicted octanol–water partition coefficient (Wildman–Crippen LogP) is 3.28. The molecule has 1 aliphatic carbocycles. The highest BCUT2D eigenvalue weighted by Crippen LogP contribution is 2.40. The second-order valence-corrected chi connectivity index (χ2v) is 5.37. The van der Waals surface area contributed by atoms with Gasteiger partial charge in [-0.2, -0.15) is 0 Å². The number of aliphatic hydroxyl groups is 1. The summed E-state index contributed by atoms with van der Waals surface area (Å²) < 4.78 is 0. The van der Waals surface area contributed by atoms with Gasteiger partial charge in [0.1, 0.15) is 5.75 Å². The first-order valence-electron chi connectivity index (χ1n) is 5.62. The Balaban J connectivity index is 0.00000162. The molecule has 3 nitrogen and oxygen atoms in total. The molecule has 18 heavy (non-hydrogen) atoms. The molecule has 1 aromatic carbocycles. The Labute approximate surface area is 122 Å². The van der Waals surface area contributed by atoms with Crippen molar-refractivity contribution in [3.8, 4) is 5.75 Å². The highest BCUT2D eigenvalue weighted by molar-refractivity contribution is 6.35. The van der Waals surface area contributed by atoms with Crippen molar-refractivity contribution in [3.05, 3.63) is 27.7 Å². The van der Waals surface area contributed by atoms with E-state index in [0.717, 1.165) is 19.3 Å². The molecule has 0 bridgehead atoms. The summed E-state index contributed by atoms with van der Waals surface area (Å²) in [6.07, 6.45) is 2.39. The van der Waals surface area contributed by atoms with Crippen LogP contribution in [-0.2, 0) is 0 Å². The topological polar surface area (TPSA) is 66.5 Å². The average Bonchev–Trinajstić information content (AvgIpc) is 2.12. The molecule has 2 rings (SSSR count). The van der Waals surface area contributed by atoms with Crippen LogP contribution in [0.4, 0.5) is 0 Å². The molecule has 0 heterocycles. The number of phenols is 1. The minimum atomic E-state index is -0.676. The van der Waals surface area contributed by atoms with Gasteiger partial charge in [0, 0.05) is 10.6 Å².